The van der Waals surface area contributed by atoms with Gasteiger partial charge in [-0.25, -0.2) is 0 Å². The monoisotopic (exact) mass is 281 g/mol. The number of carbonyl (C=O) groups excluding carboxylic acids is 2. The highest BCUT2D eigenvalue weighted by molar-refractivity contribution is 5.81. The molecule has 2 aliphatic rings. The average Bonchev–Trinajstić information content (AvgIpc) is 2.86. The quantitative estimate of drug-likeness (QED) is 0.731. The van der Waals surface area contributed by atoms with E-state index in [2.05, 4.69) is 0 Å². The second-order valence-corrected chi connectivity index (χ2v) is 7.14. The molecular formula is C16H27NO3. The van der Waals surface area contributed by atoms with E-state index < -0.39 is 5.60 Å². The molecule has 1 aliphatic carbocycles. The molecule has 1 heterocycles. The Labute approximate surface area is 121 Å². The summed E-state index contributed by atoms with van der Waals surface area (Å²) in [5.41, 5.74) is -0.447. The van der Waals surface area contributed by atoms with Crippen LogP contribution in [0.1, 0.15) is 59.3 Å². The number of hydrogen-bond donors (Lipinski definition) is 0. The zero-order valence-corrected chi connectivity index (χ0v) is 13.0. The Bertz CT molecular complexity index is 366. The lowest BCUT2D eigenvalue weighted by Crippen LogP contribution is -2.36. The molecule has 1 saturated carbocycles. The molecule has 0 spiro atoms. The topological polar surface area (TPSA) is 46.6 Å². The number of hydrogen-bond acceptors (Lipinski definition) is 3. The highest BCUT2D eigenvalue weighted by atomic mass is 16.6. The molecular weight excluding hydrogens is 254 g/mol. The van der Waals surface area contributed by atoms with Crippen molar-refractivity contribution in [3.05, 3.63) is 0 Å². The molecule has 1 aliphatic heterocycles. The predicted molar refractivity (Wildman–Crippen MR) is 77.1 cm³/mol. The SMILES string of the molecule is CC(C)(C)OC(=O)C1CCN(C(=O)C2CCCCC2)C1. The average molecular weight is 281 g/mol. The molecule has 0 aromatic heterocycles. The Balaban J connectivity index is 1.85. The smallest absolute Gasteiger partial charge is 0.311 e. The van der Waals surface area contributed by atoms with Crippen LogP contribution in [0.5, 0.6) is 0 Å². The first-order valence-corrected chi connectivity index (χ1v) is 7.88. The van der Waals surface area contributed by atoms with Crippen LogP contribution in [0.25, 0.3) is 0 Å². The van der Waals surface area contributed by atoms with Gasteiger partial charge >= 0.3 is 5.97 Å². The molecule has 0 aromatic carbocycles. The number of ether oxygens (including phenoxy) is 1. The van der Waals surface area contributed by atoms with Gasteiger partial charge in [-0.15, -0.1) is 0 Å². The van der Waals surface area contributed by atoms with E-state index in [1.54, 1.807) is 0 Å². The summed E-state index contributed by atoms with van der Waals surface area (Å²) in [7, 11) is 0. The zero-order chi connectivity index (χ0) is 14.8. The number of amides is 1. The summed E-state index contributed by atoms with van der Waals surface area (Å²) in [5.74, 6) is 0.162. The van der Waals surface area contributed by atoms with Gasteiger partial charge in [0.1, 0.15) is 5.60 Å². The lowest BCUT2D eigenvalue weighted by molar-refractivity contribution is -0.159. The fourth-order valence-electron chi connectivity index (χ4n) is 3.15. The van der Waals surface area contributed by atoms with Crippen molar-refractivity contribution in [3.63, 3.8) is 0 Å². The number of rotatable bonds is 2. The zero-order valence-electron chi connectivity index (χ0n) is 13.0. The maximum atomic E-state index is 12.4. The summed E-state index contributed by atoms with van der Waals surface area (Å²) in [5, 5.41) is 0. The molecule has 1 atom stereocenters. The van der Waals surface area contributed by atoms with E-state index in [0.717, 1.165) is 19.3 Å². The molecule has 0 aromatic rings. The van der Waals surface area contributed by atoms with E-state index in [1.165, 1.54) is 19.3 Å². The lowest BCUT2D eigenvalue weighted by atomic mass is 9.88. The van der Waals surface area contributed by atoms with Gasteiger partial charge in [-0.05, 0) is 40.0 Å². The molecule has 1 saturated heterocycles. The highest BCUT2D eigenvalue weighted by Gasteiger charge is 2.36. The van der Waals surface area contributed by atoms with Crippen molar-refractivity contribution in [3.8, 4) is 0 Å². The van der Waals surface area contributed by atoms with Gasteiger partial charge in [0.2, 0.25) is 5.91 Å². The largest absolute Gasteiger partial charge is 0.460 e. The van der Waals surface area contributed by atoms with Crippen LogP contribution < -0.4 is 0 Å². The fourth-order valence-corrected chi connectivity index (χ4v) is 3.15. The van der Waals surface area contributed by atoms with E-state index in [4.69, 9.17) is 4.74 Å². The maximum absolute atomic E-state index is 12.4. The number of esters is 1. The summed E-state index contributed by atoms with van der Waals surface area (Å²) in [6, 6.07) is 0. The minimum atomic E-state index is -0.447. The van der Waals surface area contributed by atoms with Crippen molar-refractivity contribution in [2.75, 3.05) is 13.1 Å². The fraction of sp³-hybridized carbons (Fsp3) is 0.875. The highest BCUT2D eigenvalue weighted by Crippen LogP contribution is 2.28. The van der Waals surface area contributed by atoms with E-state index in [1.807, 2.05) is 25.7 Å². The van der Waals surface area contributed by atoms with Crippen LogP contribution in [-0.2, 0) is 14.3 Å². The summed E-state index contributed by atoms with van der Waals surface area (Å²) in [6.45, 7) is 6.89. The Morgan fingerprint density at radius 3 is 2.25 bits per heavy atom. The summed E-state index contributed by atoms with van der Waals surface area (Å²) < 4.78 is 5.42. The van der Waals surface area contributed by atoms with Crippen LogP contribution in [0, 0.1) is 11.8 Å². The van der Waals surface area contributed by atoms with Crippen LogP contribution in [0.4, 0.5) is 0 Å². The van der Waals surface area contributed by atoms with Crippen LogP contribution in [-0.4, -0.2) is 35.5 Å². The van der Waals surface area contributed by atoms with Gasteiger partial charge in [-0.3, -0.25) is 9.59 Å². The first-order chi connectivity index (χ1) is 9.37. The van der Waals surface area contributed by atoms with Crippen LogP contribution in [0.3, 0.4) is 0 Å². The molecule has 0 bridgehead atoms. The van der Waals surface area contributed by atoms with Crippen LogP contribution in [0.15, 0.2) is 0 Å². The molecule has 2 rings (SSSR count). The lowest BCUT2D eigenvalue weighted by Gasteiger charge is -2.26. The van der Waals surface area contributed by atoms with E-state index in [0.29, 0.717) is 13.1 Å². The van der Waals surface area contributed by atoms with Crippen molar-refractivity contribution in [2.45, 2.75) is 64.9 Å². The molecule has 2 fully saturated rings. The van der Waals surface area contributed by atoms with E-state index >= 15 is 0 Å². The third-order valence-electron chi connectivity index (χ3n) is 4.19. The van der Waals surface area contributed by atoms with Crippen molar-refractivity contribution in [2.24, 2.45) is 11.8 Å². The third-order valence-corrected chi connectivity index (χ3v) is 4.19. The third kappa shape index (κ3) is 3.97. The first-order valence-electron chi connectivity index (χ1n) is 7.88. The summed E-state index contributed by atoms with van der Waals surface area (Å²) >= 11 is 0. The van der Waals surface area contributed by atoms with Crippen LogP contribution >= 0.6 is 0 Å². The molecule has 4 heteroatoms. The van der Waals surface area contributed by atoms with Gasteiger partial charge in [0.05, 0.1) is 5.92 Å². The maximum Gasteiger partial charge on any atom is 0.311 e. The second kappa shape index (κ2) is 6.15. The van der Waals surface area contributed by atoms with Gasteiger partial charge in [0.15, 0.2) is 0 Å². The molecule has 1 amide bonds. The molecule has 0 N–H and O–H groups in total. The van der Waals surface area contributed by atoms with Gasteiger partial charge < -0.3 is 9.64 Å². The molecule has 114 valence electrons. The Hall–Kier alpha value is -1.06. The Morgan fingerprint density at radius 2 is 1.65 bits per heavy atom. The predicted octanol–water partition coefficient (Wildman–Crippen LogP) is 2.76. The first kappa shape index (κ1) is 15.3. The van der Waals surface area contributed by atoms with Crippen molar-refractivity contribution in [1.29, 1.82) is 0 Å². The minimum absolute atomic E-state index is 0.137. The minimum Gasteiger partial charge on any atom is -0.460 e. The second-order valence-electron chi connectivity index (χ2n) is 7.14. The Morgan fingerprint density at radius 1 is 1.00 bits per heavy atom. The van der Waals surface area contributed by atoms with Crippen molar-refractivity contribution < 1.29 is 14.3 Å². The summed E-state index contributed by atoms with van der Waals surface area (Å²) in [6.07, 6.45) is 6.37. The summed E-state index contributed by atoms with van der Waals surface area (Å²) in [4.78, 5) is 26.4. The number of carbonyl (C=O) groups is 2. The van der Waals surface area contributed by atoms with Crippen molar-refractivity contribution in [1.82, 2.24) is 4.90 Å². The van der Waals surface area contributed by atoms with E-state index in [-0.39, 0.29) is 23.7 Å². The molecule has 20 heavy (non-hydrogen) atoms. The van der Waals surface area contributed by atoms with Gasteiger partial charge in [0, 0.05) is 19.0 Å². The van der Waals surface area contributed by atoms with Gasteiger partial charge in [-0.1, -0.05) is 19.3 Å². The van der Waals surface area contributed by atoms with E-state index in [9.17, 15) is 9.59 Å². The van der Waals surface area contributed by atoms with Crippen molar-refractivity contribution >= 4 is 11.9 Å². The van der Waals surface area contributed by atoms with Crippen LogP contribution in [0.2, 0.25) is 0 Å². The van der Waals surface area contributed by atoms with Gasteiger partial charge in [0.25, 0.3) is 0 Å². The number of nitrogens with zero attached hydrogens (tertiary/aromatic N) is 1. The van der Waals surface area contributed by atoms with Gasteiger partial charge in [-0.2, -0.15) is 0 Å². The number of likely N-dealkylation sites (tertiary alicyclic amines) is 1. The molecule has 4 nitrogen and oxygen atoms in total. The Kier molecular flexibility index (Phi) is 4.71. The molecule has 0 radical (unpaired) electrons. The normalized spacial score (nSPS) is 24.8. The standard InChI is InChI=1S/C16H27NO3/c1-16(2,3)20-15(19)13-9-10-17(11-13)14(18)12-7-5-4-6-8-12/h12-13H,4-11H2,1-3H3. The molecule has 1 unspecified atom stereocenters.